The molecule has 3 aromatic heterocycles. The number of carbonyl (C=O) groups excluding carboxylic acids is 2. The lowest BCUT2D eigenvalue weighted by molar-refractivity contribution is -0.141. The molecule has 1 aromatic carbocycles. The van der Waals surface area contributed by atoms with E-state index in [1.54, 1.807) is 0 Å². The Hall–Kier alpha value is -5.10. The highest BCUT2D eigenvalue weighted by Gasteiger charge is 2.38. The maximum Gasteiger partial charge on any atom is 0.435 e. The summed E-state index contributed by atoms with van der Waals surface area (Å²) in [6.45, 7) is -1.08. The predicted molar refractivity (Wildman–Crippen MR) is 127 cm³/mol. The molecule has 3 heterocycles. The Kier molecular flexibility index (Phi) is 7.68. The maximum absolute atomic E-state index is 13.6. The highest BCUT2D eigenvalue weighted by atomic mass is 19.4. The number of aromatic nitrogens is 5. The van der Waals surface area contributed by atoms with Gasteiger partial charge in [-0.2, -0.15) is 18.3 Å². The van der Waals surface area contributed by atoms with Crippen LogP contribution in [0.4, 0.5) is 13.2 Å². The fraction of sp³-hybridized carbons (Fsp3) is 0.208. The summed E-state index contributed by atoms with van der Waals surface area (Å²) >= 11 is 0. The number of rotatable bonds is 9. The molecule has 1 amide bonds. The normalized spacial score (nSPS) is 11.3. The molecule has 0 saturated carbocycles. The number of esters is 1. The van der Waals surface area contributed by atoms with Crippen molar-refractivity contribution in [2.24, 2.45) is 0 Å². The summed E-state index contributed by atoms with van der Waals surface area (Å²) in [4.78, 5) is 31.9. The number of benzene rings is 1. The first-order chi connectivity index (χ1) is 18.6. The van der Waals surface area contributed by atoms with E-state index in [0.29, 0.717) is 0 Å². The number of halogens is 3. The van der Waals surface area contributed by atoms with Crippen LogP contribution < -0.4 is 10.1 Å². The number of alkyl halides is 3. The topological polar surface area (TPSA) is 153 Å². The minimum atomic E-state index is -4.75. The van der Waals surface area contributed by atoms with Crippen LogP contribution in [-0.4, -0.2) is 66.0 Å². The third-order valence-electron chi connectivity index (χ3n) is 5.13. The van der Waals surface area contributed by atoms with Crippen LogP contribution in [0.1, 0.15) is 16.1 Å². The molecule has 0 aliphatic heterocycles. The molecule has 4 rings (SSSR count). The summed E-state index contributed by atoms with van der Waals surface area (Å²) < 4.78 is 53.7. The van der Waals surface area contributed by atoms with E-state index in [-0.39, 0.29) is 53.8 Å². The molecular formula is C24H19F3N6O6. The van der Waals surface area contributed by atoms with Crippen LogP contribution in [0.3, 0.4) is 0 Å². The van der Waals surface area contributed by atoms with Crippen LogP contribution in [0.2, 0.25) is 0 Å². The van der Waals surface area contributed by atoms with Gasteiger partial charge in [-0.3, -0.25) is 13.9 Å². The molecule has 12 nitrogen and oxygen atoms in total. The molecule has 202 valence electrons. The van der Waals surface area contributed by atoms with Gasteiger partial charge in [0.05, 0.1) is 24.1 Å². The minimum Gasteiger partial charge on any atom is -0.507 e. The molecule has 0 aliphatic carbocycles. The van der Waals surface area contributed by atoms with Crippen LogP contribution in [0.25, 0.3) is 16.9 Å². The molecule has 0 radical (unpaired) electrons. The molecule has 0 aliphatic rings. The number of carbonyl (C=O) groups is 2. The number of nitrogens with zero attached hydrogens (tertiary/aromatic N) is 5. The van der Waals surface area contributed by atoms with Crippen molar-refractivity contribution in [3.63, 3.8) is 0 Å². The summed E-state index contributed by atoms with van der Waals surface area (Å²) in [6.07, 6.45) is 5.48. The van der Waals surface area contributed by atoms with E-state index >= 15 is 0 Å². The Morgan fingerprint density at radius 2 is 2.03 bits per heavy atom. The number of hydrogen-bond donors (Lipinski definition) is 3. The summed E-state index contributed by atoms with van der Waals surface area (Å²) in [5.74, 6) is -0.00206. The second kappa shape index (κ2) is 11.1. The summed E-state index contributed by atoms with van der Waals surface area (Å²) in [5.41, 5.74) is -1.54. The van der Waals surface area contributed by atoms with Crippen molar-refractivity contribution in [2.45, 2.75) is 12.7 Å². The van der Waals surface area contributed by atoms with Crippen LogP contribution in [0.5, 0.6) is 17.4 Å². The Morgan fingerprint density at radius 3 is 2.72 bits per heavy atom. The SMILES string of the molecule is C#CCn1cc(-c2cnc3c(Oc4ccc(C(=O)OCC(=O)NCCO)c(O)c4)nccn23)c(C(F)(F)F)n1. The van der Waals surface area contributed by atoms with Crippen LogP contribution in [0, 0.1) is 12.3 Å². The number of phenols is 1. The quantitative estimate of drug-likeness (QED) is 0.212. The third-order valence-corrected chi connectivity index (χ3v) is 5.13. The van der Waals surface area contributed by atoms with Gasteiger partial charge in [0.25, 0.3) is 11.8 Å². The maximum atomic E-state index is 13.6. The summed E-state index contributed by atoms with van der Waals surface area (Å²) in [6, 6.07) is 3.58. The second-order valence-corrected chi connectivity index (χ2v) is 7.79. The van der Waals surface area contributed by atoms with E-state index in [1.807, 2.05) is 0 Å². The van der Waals surface area contributed by atoms with Gasteiger partial charge in [-0.25, -0.2) is 14.8 Å². The first-order valence-corrected chi connectivity index (χ1v) is 11.1. The Bertz CT molecular complexity index is 1570. The van der Waals surface area contributed by atoms with Crippen molar-refractivity contribution in [2.75, 3.05) is 19.8 Å². The largest absolute Gasteiger partial charge is 0.507 e. The molecule has 0 atom stereocenters. The van der Waals surface area contributed by atoms with E-state index in [1.165, 1.54) is 41.3 Å². The average Bonchev–Trinajstić information content (AvgIpc) is 3.51. The van der Waals surface area contributed by atoms with Gasteiger partial charge in [-0.05, 0) is 12.1 Å². The predicted octanol–water partition coefficient (Wildman–Crippen LogP) is 2.01. The van der Waals surface area contributed by atoms with Gasteiger partial charge in [0.15, 0.2) is 12.3 Å². The van der Waals surface area contributed by atoms with Crippen molar-refractivity contribution in [3.05, 3.63) is 54.2 Å². The van der Waals surface area contributed by atoms with Crippen molar-refractivity contribution in [3.8, 4) is 41.0 Å². The third kappa shape index (κ3) is 5.91. The molecule has 0 unspecified atom stereocenters. The first-order valence-electron chi connectivity index (χ1n) is 11.1. The van der Waals surface area contributed by atoms with Crippen LogP contribution in [-0.2, 0) is 22.3 Å². The van der Waals surface area contributed by atoms with Gasteiger partial charge in [-0.1, -0.05) is 5.92 Å². The van der Waals surface area contributed by atoms with Gasteiger partial charge < -0.3 is 25.0 Å². The lowest BCUT2D eigenvalue weighted by Gasteiger charge is -2.10. The zero-order valence-corrected chi connectivity index (χ0v) is 19.8. The van der Waals surface area contributed by atoms with Gasteiger partial charge in [0.2, 0.25) is 5.65 Å². The molecule has 0 saturated heterocycles. The Morgan fingerprint density at radius 1 is 1.23 bits per heavy atom. The molecule has 3 N–H and O–H groups in total. The van der Waals surface area contributed by atoms with Gasteiger partial charge in [0.1, 0.15) is 23.6 Å². The van der Waals surface area contributed by atoms with Gasteiger partial charge in [0, 0.05) is 31.2 Å². The lowest BCUT2D eigenvalue weighted by Crippen LogP contribution is -2.30. The van der Waals surface area contributed by atoms with Crippen LogP contribution >= 0.6 is 0 Å². The fourth-order valence-electron chi connectivity index (χ4n) is 3.47. The second-order valence-electron chi connectivity index (χ2n) is 7.79. The number of hydrogen-bond acceptors (Lipinski definition) is 9. The van der Waals surface area contributed by atoms with E-state index in [4.69, 9.17) is 21.0 Å². The molecule has 4 aromatic rings. The Balaban J connectivity index is 1.58. The van der Waals surface area contributed by atoms with Crippen molar-refractivity contribution < 1.29 is 42.4 Å². The van der Waals surface area contributed by atoms with Gasteiger partial charge >= 0.3 is 12.1 Å². The number of fused-ring (bicyclic) bond motifs is 1. The molecule has 39 heavy (non-hydrogen) atoms. The van der Waals surface area contributed by atoms with Crippen molar-refractivity contribution in [1.82, 2.24) is 29.5 Å². The van der Waals surface area contributed by atoms with E-state index in [2.05, 4.69) is 26.3 Å². The number of amides is 1. The molecule has 15 heteroatoms. The lowest BCUT2D eigenvalue weighted by atomic mass is 10.2. The molecule has 0 fully saturated rings. The number of terminal acetylenes is 1. The molecular weight excluding hydrogens is 525 g/mol. The highest BCUT2D eigenvalue weighted by molar-refractivity contribution is 5.94. The zero-order chi connectivity index (χ0) is 28.2. The minimum absolute atomic E-state index is 0.00856. The monoisotopic (exact) mass is 544 g/mol. The number of imidazole rings is 1. The summed E-state index contributed by atoms with van der Waals surface area (Å²) in [7, 11) is 0. The number of ether oxygens (including phenoxy) is 2. The zero-order valence-electron chi connectivity index (χ0n) is 19.8. The van der Waals surface area contributed by atoms with E-state index in [0.717, 1.165) is 10.7 Å². The Labute approximate surface area is 217 Å². The first kappa shape index (κ1) is 26.9. The summed E-state index contributed by atoms with van der Waals surface area (Å²) in [5, 5.41) is 24.8. The number of aromatic hydroxyl groups is 1. The smallest absolute Gasteiger partial charge is 0.435 e. The number of aliphatic hydroxyl groups is 1. The highest BCUT2D eigenvalue weighted by Crippen LogP contribution is 2.37. The van der Waals surface area contributed by atoms with Gasteiger partial charge in [-0.15, -0.1) is 6.42 Å². The standard InChI is InChI=1S/C24H19F3N6O6/c1-2-7-32-12-16(20(31-32)24(25,26)27)17-11-30-21-22(29-5-8-33(17)21)39-14-3-4-15(18(35)10-14)23(37)38-13-19(36)28-6-9-34/h1,3-5,8,10-12,34-35H,6-7,9,13H2,(H,28,36). The van der Waals surface area contributed by atoms with E-state index < -0.39 is 36.1 Å². The molecule has 0 bridgehead atoms. The van der Waals surface area contributed by atoms with Crippen LogP contribution in [0.15, 0.2) is 43.0 Å². The average molecular weight is 544 g/mol. The van der Waals surface area contributed by atoms with E-state index in [9.17, 15) is 27.9 Å². The number of phenolic OH excluding ortho intramolecular Hbond substituents is 1. The number of aliphatic hydroxyl groups excluding tert-OH is 1. The fourth-order valence-corrected chi connectivity index (χ4v) is 3.47. The number of nitrogens with one attached hydrogen (secondary N) is 1. The van der Waals surface area contributed by atoms with Crippen molar-refractivity contribution in [1.29, 1.82) is 0 Å². The van der Waals surface area contributed by atoms with Crippen molar-refractivity contribution >= 4 is 17.5 Å². The molecule has 0 spiro atoms.